The van der Waals surface area contributed by atoms with Crippen molar-refractivity contribution in [3.63, 3.8) is 0 Å². The van der Waals surface area contributed by atoms with E-state index < -0.39 is 6.03 Å². The lowest BCUT2D eigenvalue weighted by Crippen LogP contribution is -2.20. The molecule has 1 aliphatic heterocycles. The molecule has 0 aliphatic carbocycles. The van der Waals surface area contributed by atoms with E-state index in [1.807, 2.05) is 19.1 Å². The number of ether oxygens (including phenoxy) is 2. The molecule has 2 N–H and O–H groups in total. The molecule has 0 radical (unpaired) electrons. The summed E-state index contributed by atoms with van der Waals surface area (Å²) in [5.41, 5.74) is 2.67. The Morgan fingerprint density at radius 1 is 1.12 bits per heavy atom. The number of thioether (sulfide) groups is 1. The van der Waals surface area contributed by atoms with Crippen LogP contribution in [0.1, 0.15) is 11.3 Å². The Kier molecular flexibility index (Phi) is 5.84. The smallest absolute Gasteiger partial charge is 0.325 e. The average Bonchev–Trinajstić information content (AvgIpc) is 3.25. The maximum absolute atomic E-state index is 12.3. The van der Waals surface area contributed by atoms with Gasteiger partial charge in [0.05, 0.1) is 5.69 Å². The van der Waals surface area contributed by atoms with Crippen molar-refractivity contribution in [2.45, 2.75) is 17.0 Å². The van der Waals surface area contributed by atoms with E-state index in [0.29, 0.717) is 57.0 Å². The van der Waals surface area contributed by atoms with Crippen molar-refractivity contribution in [1.82, 2.24) is 19.6 Å². The van der Waals surface area contributed by atoms with Crippen LogP contribution in [0.5, 0.6) is 11.5 Å². The zero-order valence-electron chi connectivity index (χ0n) is 17.4. The lowest BCUT2D eigenvalue weighted by Gasteiger charge is -2.18. The van der Waals surface area contributed by atoms with Crippen LogP contribution >= 0.6 is 23.1 Å². The third-order valence-electron chi connectivity index (χ3n) is 4.63. The maximum Gasteiger partial charge on any atom is 0.325 e. The summed E-state index contributed by atoms with van der Waals surface area (Å²) in [5.74, 6) is 1.69. The lowest BCUT2D eigenvalue weighted by atomic mass is 10.2. The molecule has 4 heterocycles. The Morgan fingerprint density at radius 3 is 2.85 bits per heavy atom. The van der Waals surface area contributed by atoms with Crippen molar-refractivity contribution in [2.24, 2.45) is 0 Å². The highest BCUT2D eigenvalue weighted by Gasteiger charge is 2.14. The number of nitrogens with zero attached hydrogens (tertiary/aromatic N) is 4. The molecule has 168 valence electrons. The van der Waals surface area contributed by atoms with Crippen molar-refractivity contribution in [1.29, 1.82) is 0 Å². The fourth-order valence-electron chi connectivity index (χ4n) is 3.17. The number of fused-ring (bicyclic) bond motifs is 2. The molecule has 12 heteroatoms. The van der Waals surface area contributed by atoms with Gasteiger partial charge in [-0.15, -0.1) is 10.2 Å². The molecule has 0 unspecified atom stereocenters. The van der Waals surface area contributed by atoms with Gasteiger partial charge in [0.2, 0.25) is 5.13 Å². The molecule has 10 nitrogen and oxygen atoms in total. The first-order chi connectivity index (χ1) is 16.0. The number of pyridine rings is 1. The van der Waals surface area contributed by atoms with E-state index in [1.165, 1.54) is 33.6 Å². The van der Waals surface area contributed by atoms with Gasteiger partial charge in [-0.3, -0.25) is 14.5 Å². The number of carbonyl (C=O) groups excluding carboxylic acids is 1. The van der Waals surface area contributed by atoms with Gasteiger partial charge in [-0.05, 0) is 30.7 Å². The molecule has 3 aromatic heterocycles. The van der Waals surface area contributed by atoms with Gasteiger partial charge in [0.15, 0.2) is 15.8 Å². The monoisotopic (exact) mass is 482 g/mol. The standard InChI is InChI=1S/C21H18N6O4S2/c1-12-2-5-17-22-14(9-18(28)27(17)10-12)11-32-21-26-25-20(33-21)24-19(29)23-13-3-4-15-16(8-13)31-7-6-30-15/h2-5,8-10H,6-7,11H2,1H3,(H2,23,24,25,29). The van der Waals surface area contributed by atoms with E-state index >= 15 is 0 Å². The van der Waals surface area contributed by atoms with Gasteiger partial charge in [0, 0.05) is 29.8 Å². The minimum atomic E-state index is -0.445. The van der Waals surface area contributed by atoms with Crippen molar-refractivity contribution in [3.05, 3.63) is 64.2 Å². The Morgan fingerprint density at radius 2 is 1.97 bits per heavy atom. The van der Waals surface area contributed by atoms with Crippen LogP contribution in [0.3, 0.4) is 0 Å². The maximum atomic E-state index is 12.3. The third-order valence-corrected chi connectivity index (χ3v) is 6.64. The fraction of sp³-hybridized carbons (Fsp3) is 0.190. The summed E-state index contributed by atoms with van der Waals surface area (Å²) in [4.78, 5) is 29.2. The zero-order chi connectivity index (χ0) is 22.8. The van der Waals surface area contributed by atoms with Crippen LogP contribution in [0.25, 0.3) is 5.65 Å². The molecule has 1 aromatic carbocycles. The largest absolute Gasteiger partial charge is 0.486 e. The van der Waals surface area contributed by atoms with Crippen LogP contribution in [-0.2, 0) is 5.75 Å². The fourth-order valence-corrected chi connectivity index (χ4v) is 4.81. The third kappa shape index (κ3) is 4.91. The number of amides is 2. The minimum Gasteiger partial charge on any atom is -0.486 e. The summed E-state index contributed by atoms with van der Waals surface area (Å²) in [5, 5.41) is 13.8. The van der Waals surface area contributed by atoms with Crippen molar-refractivity contribution in [3.8, 4) is 11.5 Å². The minimum absolute atomic E-state index is 0.130. The number of aromatic nitrogens is 4. The molecule has 0 atom stereocenters. The molecule has 0 saturated heterocycles. The van der Waals surface area contributed by atoms with E-state index in [9.17, 15) is 9.59 Å². The van der Waals surface area contributed by atoms with Crippen LogP contribution in [0.4, 0.5) is 15.6 Å². The van der Waals surface area contributed by atoms with E-state index in [4.69, 9.17) is 9.47 Å². The Hall–Kier alpha value is -3.64. The second-order valence-corrected chi connectivity index (χ2v) is 9.32. The first kappa shape index (κ1) is 21.2. The lowest BCUT2D eigenvalue weighted by molar-refractivity contribution is 0.171. The van der Waals surface area contributed by atoms with Crippen LogP contribution in [0.2, 0.25) is 0 Å². The number of benzene rings is 1. The molecule has 0 saturated carbocycles. The number of carbonyl (C=O) groups is 1. The van der Waals surface area contributed by atoms with E-state index in [2.05, 4.69) is 25.8 Å². The first-order valence-corrected chi connectivity index (χ1v) is 11.8. The van der Waals surface area contributed by atoms with E-state index in [-0.39, 0.29) is 5.56 Å². The molecular weight excluding hydrogens is 464 g/mol. The number of nitrogens with one attached hydrogen (secondary N) is 2. The molecule has 2 amide bonds. The summed E-state index contributed by atoms with van der Waals surface area (Å²) in [6, 6.07) is 9.98. The normalized spacial score (nSPS) is 12.5. The van der Waals surface area contributed by atoms with Gasteiger partial charge in [0.25, 0.3) is 5.56 Å². The predicted octanol–water partition coefficient (Wildman–Crippen LogP) is 3.56. The molecule has 0 fully saturated rings. The molecule has 1 aliphatic rings. The first-order valence-electron chi connectivity index (χ1n) is 9.96. The summed E-state index contributed by atoms with van der Waals surface area (Å²) >= 11 is 2.63. The van der Waals surface area contributed by atoms with Gasteiger partial charge >= 0.3 is 6.03 Å². The molecule has 0 bridgehead atoms. The quantitative estimate of drug-likeness (QED) is 0.327. The van der Waals surface area contributed by atoms with Crippen molar-refractivity contribution in [2.75, 3.05) is 23.8 Å². The summed E-state index contributed by atoms with van der Waals surface area (Å²) < 4.78 is 13.2. The van der Waals surface area contributed by atoms with E-state index in [0.717, 1.165) is 5.56 Å². The summed E-state index contributed by atoms with van der Waals surface area (Å²) in [6.45, 7) is 2.90. The van der Waals surface area contributed by atoms with Gasteiger partial charge in [0.1, 0.15) is 18.9 Å². The number of hydrogen-bond donors (Lipinski definition) is 2. The molecule has 0 spiro atoms. The predicted molar refractivity (Wildman–Crippen MR) is 126 cm³/mol. The average molecular weight is 483 g/mol. The highest BCUT2D eigenvalue weighted by atomic mass is 32.2. The Balaban J connectivity index is 1.19. The van der Waals surface area contributed by atoms with Crippen molar-refractivity contribution < 1.29 is 14.3 Å². The van der Waals surface area contributed by atoms with Crippen LogP contribution in [-0.4, -0.2) is 38.8 Å². The highest BCUT2D eigenvalue weighted by Crippen LogP contribution is 2.33. The van der Waals surface area contributed by atoms with Crippen molar-refractivity contribution >= 4 is 45.6 Å². The summed E-state index contributed by atoms with van der Waals surface area (Å²) in [7, 11) is 0. The van der Waals surface area contributed by atoms with Gasteiger partial charge in [-0.25, -0.2) is 9.78 Å². The molecular formula is C21H18N6O4S2. The number of rotatable bonds is 5. The number of aryl methyl sites for hydroxylation is 1. The van der Waals surface area contributed by atoms with E-state index in [1.54, 1.807) is 24.4 Å². The van der Waals surface area contributed by atoms with Crippen LogP contribution in [0, 0.1) is 6.92 Å². The molecule has 4 aromatic rings. The topological polar surface area (TPSA) is 120 Å². The molecule has 33 heavy (non-hydrogen) atoms. The second-order valence-electron chi connectivity index (χ2n) is 7.12. The Bertz CT molecular complexity index is 1400. The zero-order valence-corrected chi connectivity index (χ0v) is 19.0. The number of anilines is 2. The van der Waals surface area contributed by atoms with Gasteiger partial charge in [-0.1, -0.05) is 29.2 Å². The number of urea groups is 1. The SMILES string of the molecule is Cc1ccc2nc(CSc3nnc(NC(=O)Nc4ccc5c(c4)OCCO5)s3)cc(=O)n2c1. The number of hydrogen-bond acceptors (Lipinski definition) is 9. The summed E-state index contributed by atoms with van der Waals surface area (Å²) in [6.07, 6.45) is 1.76. The van der Waals surface area contributed by atoms with Crippen LogP contribution in [0.15, 0.2) is 51.7 Å². The van der Waals surface area contributed by atoms with Gasteiger partial charge in [-0.2, -0.15) is 0 Å². The Labute approximate surface area is 196 Å². The second kappa shape index (κ2) is 9.08. The highest BCUT2D eigenvalue weighted by molar-refractivity contribution is 8.00. The van der Waals surface area contributed by atoms with Gasteiger partial charge < -0.3 is 14.8 Å². The van der Waals surface area contributed by atoms with Crippen LogP contribution < -0.4 is 25.7 Å². The molecule has 5 rings (SSSR count).